The zero-order chi connectivity index (χ0) is 19.7. The van der Waals surface area contributed by atoms with E-state index in [-0.39, 0.29) is 11.7 Å². The maximum absolute atomic E-state index is 13.3. The van der Waals surface area contributed by atoms with Crippen molar-refractivity contribution in [3.63, 3.8) is 0 Å². The van der Waals surface area contributed by atoms with Gasteiger partial charge in [-0.05, 0) is 43.4 Å². The number of carbonyl (C=O) groups is 2. The fourth-order valence-corrected chi connectivity index (χ4v) is 3.73. The van der Waals surface area contributed by atoms with Crippen molar-refractivity contribution in [2.24, 2.45) is 0 Å². The van der Waals surface area contributed by atoms with Crippen LogP contribution in [0, 0.1) is 0 Å². The zero-order valence-electron chi connectivity index (χ0n) is 15.1. The van der Waals surface area contributed by atoms with Crippen LogP contribution in [0.1, 0.15) is 44.1 Å². The minimum absolute atomic E-state index is 0.149. The minimum atomic E-state index is -4.76. The maximum Gasteiger partial charge on any atom is 0.573 e. The van der Waals surface area contributed by atoms with Crippen molar-refractivity contribution >= 4 is 11.9 Å². The van der Waals surface area contributed by atoms with Crippen LogP contribution in [0.4, 0.5) is 13.2 Å². The Kier molecular flexibility index (Phi) is 5.35. The molecule has 1 saturated carbocycles. The highest BCUT2D eigenvalue weighted by Crippen LogP contribution is 2.50. The largest absolute Gasteiger partial charge is 0.573 e. The molecule has 3 rings (SSSR count). The third-order valence-electron chi connectivity index (χ3n) is 5.29. The Labute approximate surface area is 155 Å². The summed E-state index contributed by atoms with van der Waals surface area (Å²) >= 11 is 0. The molecule has 148 valence electrons. The summed E-state index contributed by atoms with van der Waals surface area (Å²) in [4.78, 5) is 27.0. The average Bonchev–Trinajstić information content (AvgIpc) is 3.44. The Morgan fingerprint density at radius 1 is 1.11 bits per heavy atom. The van der Waals surface area contributed by atoms with Gasteiger partial charge in [0.15, 0.2) is 0 Å². The van der Waals surface area contributed by atoms with Gasteiger partial charge in [-0.15, -0.1) is 13.2 Å². The Morgan fingerprint density at radius 2 is 1.78 bits per heavy atom. The van der Waals surface area contributed by atoms with Gasteiger partial charge in [0.25, 0.3) is 0 Å². The summed E-state index contributed by atoms with van der Waals surface area (Å²) in [6, 6.07) is 4.83. The lowest BCUT2D eigenvalue weighted by atomic mass is 9.93. The molecule has 0 bridgehead atoms. The molecular formula is C19H22F3NO4. The lowest BCUT2D eigenvalue weighted by molar-refractivity contribution is -0.274. The predicted octanol–water partition coefficient (Wildman–Crippen LogP) is 3.56. The van der Waals surface area contributed by atoms with Crippen LogP contribution < -0.4 is 4.74 Å². The van der Waals surface area contributed by atoms with Gasteiger partial charge in [0.1, 0.15) is 11.8 Å². The molecule has 0 N–H and O–H groups in total. The molecular weight excluding hydrogens is 363 g/mol. The van der Waals surface area contributed by atoms with Crippen LogP contribution in [0.2, 0.25) is 0 Å². The number of hydrogen-bond acceptors (Lipinski definition) is 4. The number of ether oxygens (including phenoxy) is 2. The summed E-state index contributed by atoms with van der Waals surface area (Å²) in [5.74, 6) is -0.893. The Morgan fingerprint density at radius 3 is 2.33 bits per heavy atom. The van der Waals surface area contributed by atoms with Gasteiger partial charge in [0.2, 0.25) is 5.91 Å². The molecule has 1 aromatic carbocycles. The Hall–Kier alpha value is -2.25. The molecule has 1 heterocycles. The van der Waals surface area contributed by atoms with Crippen LogP contribution in [0.15, 0.2) is 24.3 Å². The number of methoxy groups -OCH3 is 1. The highest BCUT2D eigenvalue weighted by atomic mass is 19.4. The van der Waals surface area contributed by atoms with E-state index >= 15 is 0 Å². The van der Waals surface area contributed by atoms with Crippen LogP contribution in [0.25, 0.3) is 0 Å². The first kappa shape index (κ1) is 19.5. The lowest BCUT2D eigenvalue weighted by Crippen LogP contribution is -2.49. The highest BCUT2D eigenvalue weighted by Gasteiger charge is 2.54. The summed E-state index contributed by atoms with van der Waals surface area (Å²) in [6.07, 6.45) is -0.381. The molecule has 0 spiro atoms. The number of alkyl halides is 3. The van der Waals surface area contributed by atoms with E-state index in [4.69, 9.17) is 4.74 Å². The average molecular weight is 385 g/mol. The smallest absolute Gasteiger partial charge is 0.467 e. The summed E-state index contributed by atoms with van der Waals surface area (Å²) in [7, 11) is 1.31. The number of halogens is 3. The summed E-state index contributed by atoms with van der Waals surface area (Å²) in [5, 5.41) is 0. The van der Waals surface area contributed by atoms with Gasteiger partial charge in [-0.25, -0.2) is 4.79 Å². The molecule has 0 aromatic heterocycles. The van der Waals surface area contributed by atoms with E-state index in [1.54, 1.807) is 4.90 Å². The second kappa shape index (κ2) is 7.40. The fourth-order valence-electron chi connectivity index (χ4n) is 3.73. The second-order valence-electron chi connectivity index (χ2n) is 7.04. The number of nitrogens with zero attached hydrogens (tertiary/aromatic N) is 1. The molecule has 8 heteroatoms. The van der Waals surface area contributed by atoms with E-state index < -0.39 is 23.8 Å². The number of benzene rings is 1. The number of rotatable bonds is 4. The third kappa shape index (κ3) is 4.20. The number of amides is 1. The first-order valence-electron chi connectivity index (χ1n) is 9.02. The maximum atomic E-state index is 13.3. The van der Waals surface area contributed by atoms with Gasteiger partial charge in [0, 0.05) is 6.54 Å². The van der Waals surface area contributed by atoms with Crippen LogP contribution in [0.3, 0.4) is 0 Å². The lowest BCUT2D eigenvalue weighted by Gasteiger charge is -2.32. The molecule has 2 fully saturated rings. The molecule has 1 aliphatic heterocycles. The summed E-state index contributed by atoms with van der Waals surface area (Å²) < 4.78 is 45.7. The molecule has 0 radical (unpaired) electrons. The van der Waals surface area contributed by atoms with E-state index in [2.05, 4.69) is 4.74 Å². The van der Waals surface area contributed by atoms with E-state index in [1.807, 2.05) is 0 Å². The molecule has 1 aliphatic carbocycles. The predicted molar refractivity (Wildman–Crippen MR) is 90.0 cm³/mol. The van der Waals surface area contributed by atoms with E-state index in [0.717, 1.165) is 19.3 Å². The van der Waals surface area contributed by atoms with Crippen LogP contribution in [-0.4, -0.2) is 42.8 Å². The second-order valence-corrected chi connectivity index (χ2v) is 7.04. The van der Waals surface area contributed by atoms with Gasteiger partial charge in [-0.2, -0.15) is 0 Å². The molecule has 0 unspecified atom stereocenters. The normalized spacial score (nSPS) is 21.9. The van der Waals surface area contributed by atoms with E-state index in [0.29, 0.717) is 31.4 Å². The Bertz CT molecular complexity index is 698. The Balaban J connectivity index is 1.81. The van der Waals surface area contributed by atoms with Gasteiger partial charge in [-0.1, -0.05) is 25.0 Å². The number of carbonyl (C=O) groups excluding carboxylic acids is 2. The van der Waals surface area contributed by atoms with E-state index in [9.17, 15) is 22.8 Å². The topological polar surface area (TPSA) is 55.8 Å². The first-order valence-corrected chi connectivity index (χ1v) is 9.02. The van der Waals surface area contributed by atoms with Crippen molar-refractivity contribution in [2.75, 3.05) is 13.7 Å². The molecule has 1 atom stereocenters. The standard InChI is InChI=1S/C19H22F3NO4/c1-26-16(24)15-5-3-2-4-12-23(15)17(25)18(10-11-18)13-6-8-14(9-7-13)27-19(20,21)22/h6-9,15H,2-5,10-12H2,1H3/t15-/m0/s1. The van der Waals surface area contributed by atoms with Crippen molar-refractivity contribution in [3.8, 4) is 5.75 Å². The summed E-state index contributed by atoms with van der Waals surface area (Å²) in [6.45, 7) is 0.482. The molecule has 1 aromatic rings. The SMILES string of the molecule is COC(=O)[C@@H]1CCCCCN1C(=O)C1(c2ccc(OC(F)(F)F)cc2)CC1. The number of esters is 1. The molecule has 27 heavy (non-hydrogen) atoms. The number of likely N-dealkylation sites (tertiary alicyclic amines) is 1. The number of hydrogen-bond donors (Lipinski definition) is 0. The summed E-state index contributed by atoms with van der Waals surface area (Å²) in [5.41, 5.74) is -0.122. The monoisotopic (exact) mass is 385 g/mol. The van der Waals surface area contributed by atoms with Gasteiger partial charge < -0.3 is 14.4 Å². The van der Waals surface area contributed by atoms with Gasteiger partial charge in [-0.3, -0.25) is 4.79 Å². The quantitative estimate of drug-likeness (QED) is 0.744. The van der Waals surface area contributed by atoms with Crippen molar-refractivity contribution in [1.29, 1.82) is 0 Å². The van der Waals surface area contributed by atoms with Crippen LogP contribution >= 0.6 is 0 Å². The third-order valence-corrected chi connectivity index (χ3v) is 5.29. The molecule has 1 saturated heterocycles. The van der Waals surface area contributed by atoms with Crippen molar-refractivity contribution in [1.82, 2.24) is 4.90 Å². The van der Waals surface area contributed by atoms with E-state index in [1.165, 1.54) is 31.4 Å². The highest BCUT2D eigenvalue weighted by molar-refractivity contribution is 5.94. The van der Waals surface area contributed by atoms with Gasteiger partial charge >= 0.3 is 12.3 Å². The first-order chi connectivity index (χ1) is 12.8. The van der Waals surface area contributed by atoms with Crippen LogP contribution in [0.5, 0.6) is 5.75 Å². The van der Waals surface area contributed by atoms with Gasteiger partial charge in [0.05, 0.1) is 12.5 Å². The van der Waals surface area contributed by atoms with Crippen molar-refractivity contribution < 1.29 is 32.2 Å². The van der Waals surface area contributed by atoms with Crippen molar-refractivity contribution in [3.05, 3.63) is 29.8 Å². The minimum Gasteiger partial charge on any atom is -0.467 e. The zero-order valence-corrected chi connectivity index (χ0v) is 15.1. The van der Waals surface area contributed by atoms with Crippen LogP contribution in [-0.2, 0) is 19.7 Å². The van der Waals surface area contributed by atoms with Crippen molar-refractivity contribution in [2.45, 2.75) is 56.3 Å². The fraction of sp³-hybridized carbons (Fsp3) is 0.579. The molecule has 2 aliphatic rings. The molecule has 5 nitrogen and oxygen atoms in total. The molecule has 1 amide bonds.